The molecule has 11 heteroatoms. The van der Waals surface area contributed by atoms with Gasteiger partial charge in [0.25, 0.3) is 20.6 Å². The number of carbonyl (C=O) groups is 1. The molecule has 0 spiro atoms. The minimum absolute atomic E-state index is 0.219. The predicted molar refractivity (Wildman–Crippen MR) is 90.2 cm³/mol. The summed E-state index contributed by atoms with van der Waals surface area (Å²) in [7, 11) is 0.783. The monoisotopic (exact) mass is 406 g/mol. The number of hydrogen-bond acceptors (Lipinski definition) is 5. The first kappa shape index (κ1) is 19.1. The van der Waals surface area contributed by atoms with E-state index in [0.29, 0.717) is 0 Å². The third-order valence-corrected chi connectivity index (χ3v) is 5.01. The molecule has 0 aromatic heterocycles. The number of nitro benzene ring substituents is 1. The van der Waals surface area contributed by atoms with Crippen LogP contribution in [0.3, 0.4) is 0 Å². The van der Waals surface area contributed by atoms with E-state index >= 15 is 0 Å². The molecule has 1 amide bonds. The zero-order valence-electron chi connectivity index (χ0n) is 12.4. The predicted octanol–water partition coefficient (Wildman–Crippen LogP) is 3.88. The minimum Gasteiger partial charge on any atom is -0.322 e. The fourth-order valence-electron chi connectivity index (χ4n) is 1.95. The normalized spacial score (nSPS) is 11.2. The number of nitro groups is 1. The number of rotatable bonds is 4. The lowest BCUT2D eigenvalue weighted by atomic mass is 10.1. The van der Waals surface area contributed by atoms with Crippen LogP contribution in [0.5, 0.6) is 0 Å². The number of halogens is 3. The fourth-order valence-corrected chi connectivity index (χ4v) is 3.50. The Hall–Kier alpha value is -2.23. The van der Waals surface area contributed by atoms with Crippen molar-refractivity contribution in [3.63, 3.8) is 0 Å². The first-order valence-electron chi connectivity index (χ1n) is 6.51. The number of benzene rings is 2. The van der Waals surface area contributed by atoms with E-state index < -0.39 is 41.3 Å². The maximum atomic E-state index is 13.2. The number of nitrogens with one attached hydrogen (secondary N) is 1. The Kier molecular flexibility index (Phi) is 5.31. The average molecular weight is 407 g/mol. The Labute approximate surface area is 150 Å². The Morgan fingerprint density at radius 3 is 2.44 bits per heavy atom. The number of nitrogens with zero attached hydrogens (tertiary/aromatic N) is 1. The number of aryl methyl sites for hydroxylation is 1. The summed E-state index contributed by atoms with van der Waals surface area (Å²) in [6.07, 6.45) is 0. The van der Waals surface area contributed by atoms with Gasteiger partial charge in [-0.3, -0.25) is 14.9 Å². The summed E-state index contributed by atoms with van der Waals surface area (Å²) in [4.78, 5) is 21.6. The maximum Gasteiger partial charge on any atom is 0.290 e. The molecule has 0 aliphatic rings. The van der Waals surface area contributed by atoms with E-state index in [1.165, 1.54) is 19.1 Å². The number of carbonyl (C=O) groups excluding carboxylic acids is 1. The molecule has 25 heavy (non-hydrogen) atoms. The van der Waals surface area contributed by atoms with Gasteiger partial charge in [-0.1, -0.05) is 11.6 Å². The average Bonchev–Trinajstić information content (AvgIpc) is 2.49. The zero-order valence-corrected chi connectivity index (χ0v) is 14.7. The van der Waals surface area contributed by atoms with Crippen LogP contribution < -0.4 is 5.32 Å². The van der Waals surface area contributed by atoms with Crippen molar-refractivity contribution < 1.29 is 22.5 Å². The highest BCUT2D eigenvalue weighted by Crippen LogP contribution is 2.34. The van der Waals surface area contributed by atoms with Crippen LogP contribution in [-0.4, -0.2) is 19.2 Å². The molecule has 2 aromatic rings. The highest BCUT2D eigenvalue weighted by Gasteiger charge is 2.27. The van der Waals surface area contributed by atoms with Gasteiger partial charge >= 0.3 is 0 Å². The van der Waals surface area contributed by atoms with E-state index in [4.69, 9.17) is 22.3 Å². The van der Waals surface area contributed by atoms with E-state index in [1.54, 1.807) is 0 Å². The molecular formula is C14H9Cl2FN2O5S. The summed E-state index contributed by atoms with van der Waals surface area (Å²) in [5.41, 5.74) is -0.651. The lowest BCUT2D eigenvalue weighted by Gasteiger charge is -2.09. The van der Waals surface area contributed by atoms with Crippen molar-refractivity contribution in [1.82, 2.24) is 0 Å². The van der Waals surface area contributed by atoms with Crippen LogP contribution in [0.25, 0.3) is 0 Å². The molecule has 132 valence electrons. The van der Waals surface area contributed by atoms with Crippen LogP contribution in [0.1, 0.15) is 15.9 Å². The summed E-state index contributed by atoms with van der Waals surface area (Å²) >= 11 is 5.68. The molecule has 0 atom stereocenters. The molecule has 1 N–H and O–H groups in total. The van der Waals surface area contributed by atoms with Gasteiger partial charge in [-0.2, -0.15) is 0 Å². The van der Waals surface area contributed by atoms with Crippen molar-refractivity contribution in [3.8, 4) is 0 Å². The topological polar surface area (TPSA) is 106 Å². The molecule has 0 aliphatic heterocycles. The molecule has 0 heterocycles. The van der Waals surface area contributed by atoms with Crippen molar-refractivity contribution in [1.29, 1.82) is 0 Å². The van der Waals surface area contributed by atoms with Crippen molar-refractivity contribution in [2.75, 3.05) is 5.32 Å². The second-order valence-corrected chi connectivity index (χ2v) is 7.83. The standard InChI is InChI=1S/C14H9Cl2FN2O5S/c1-7-4-9(2-3-10(7)17)18-14(20)8-5-11(19(21)22)13(15)12(6-8)25(16,23)24/h2-6H,1H3,(H,18,20). The third-order valence-electron chi connectivity index (χ3n) is 3.16. The summed E-state index contributed by atoms with van der Waals surface area (Å²) in [5.74, 6) is -1.33. The number of anilines is 1. The van der Waals surface area contributed by atoms with Gasteiger partial charge in [0.05, 0.1) is 4.92 Å². The van der Waals surface area contributed by atoms with Crippen LogP contribution in [0.15, 0.2) is 35.2 Å². The molecule has 0 unspecified atom stereocenters. The molecule has 0 fully saturated rings. The first-order chi connectivity index (χ1) is 11.5. The molecule has 0 radical (unpaired) electrons. The lowest BCUT2D eigenvalue weighted by molar-refractivity contribution is -0.384. The van der Waals surface area contributed by atoms with E-state index in [1.807, 2.05) is 0 Å². The Morgan fingerprint density at radius 2 is 1.92 bits per heavy atom. The van der Waals surface area contributed by atoms with Crippen LogP contribution in [-0.2, 0) is 9.05 Å². The molecule has 0 bridgehead atoms. The van der Waals surface area contributed by atoms with Gasteiger partial charge in [0.1, 0.15) is 15.7 Å². The molecule has 2 aromatic carbocycles. The molecule has 0 saturated carbocycles. The van der Waals surface area contributed by atoms with Crippen LogP contribution >= 0.6 is 22.3 Å². The zero-order chi connectivity index (χ0) is 18.9. The highest BCUT2D eigenvalue weighted by atomic mass is 35.7. The van der Waals surface area contributed by atoms with E-state index in [9.17, 15) is 27.7 Å². The molecular weight excluding hydrogens is 398 g/mol. The fraction of sp³-hybridized carbons (Fsp3) is 0.0714. The SMILES string of the molecule is Cc1cc(NC(=O)c2cc([N+](=O)[O-])c(Cl)c(S(=O)(=O)Cl)c2)ccc1F. The van der Waals surface area contributed by atoms with Crippen LogP contribution in [0.4, 0.5) is 15.8 Å². The van der Waals surface area contributed by atoms with Crippen LogP contribution in [0.2, 0.25) is 5.02 Å². The Balaban J connectivity index is 2.50. The van der Waals surface area contributed by atoms with Gasteiger partial charge in [-0.15, -0.1) is 0 Å². The van der Waals surface area contributed by atoms with Gasteiger partial charge in [-0.05, 0) is 36.8 Å². The van der Waals surface area contributed by atoms with Crippen molar-refractivity contribution in [2.24, 2.45) is 0 Å². The Morgan fingerprint density at radius 1 is 1.28 bits per heavy atom. The van der Waals surface area contributed by atoms with Gasteiger partial charge in [0.15, 0.2) is 0 Å². The first-order valence-corrected chi connectivity index (χ1v) is 9.19. The lowest BCUT2D eigenvalue weighted by Crippen LogP contribution is -2.13. The summed E-state index contributed by atoms with van der Waals surface area (Å²) in [6.45, 7) is 1.48. The maximum absolute atomic E-state index is 13.2. The van der Waals surface area contributed by atoms with Crippen molar-refractivity contribution in [3.05, 3.63) is 62.4 Å². The van der Waals surface area contributed by atoms with Gasteiger partial charge in [-0.25, -0.2) is 12.8 Å². The van der Waals surface area contributed by atoms with Gasteiger partial charge < -0.3 is 5.32 Å². The quantitative estimate of drug-likeness (QED) is 0.470. The molecule has 0 saturated heterocycles. The van der Waals surface area contributed by atoms with Gasteiger partial charge in [0, 0.05) is 28.0 Å². The largest absolute Gasteiger partial charge is 0.322 e. The molecule has 0 aliphatic carbocycles. The second-order valence-electron chi connectivity index (χ2n) is 4.92. The number of hydrogen-bond donors (Lipinski definition) is 1. The van der Waals surface area contributed by atoms with Crippen molar-refractivity contribution >= 4 is 48.6 Å². The molecule has 7 nitrogen and oxygen atoms in total. The highest BCUT2D eigenvalue weighted by molar-refractivity contribution is 8.13. The van der Waals surface area contributed by atoms with Crippen molar-refractivity contribution in [2.45, 2.75) is 11.8 Å². The number of amides is 1. The smallest absolute Gasteiger partial charge is 0.290 e. The van der Waals surface area contributed by atoms with E-state index in [0.717, 1.165) is 18.2 Å². The second kappa shape index (κ2) is 6.95. The summed E-state index contributed by atoms with van der Waals surface area (Å²) in [5, 5.41) is 12.7. The van der Waals surface area contributed by atoms with Gasteiger partial charge in [0.2, 0.25) is 0 Å². The third kappa shape index (κ3) is 4.25. The van der Waals surface area contributed by atoms with E-state index in [2.05, 4.69) is 5.32 Å². The Bertz CT molecular complexity index is 995. The minimum atomic E-state index is -4.42. The molecule has 2 rings (SSSR count). The summed E-state index contributed by atoms with van der Waals surface area (Å²) < 4.78 is 36.3. The summed E-state index contributed by atoms with van der Waals surface area (Å²) in [6, 6.07) is 5.40. The van der Waals surface area contributed by atoms with Crippen LogP contribution in [0, 0.1) is 22.9 Å². The van der Waals surface area contributed by atoms with E-state index in [-0.39, 0.29) is 16.8 Å².